The molecule has 0 spiro atoms. The second kappa shape index (κ2) is 6.00. The number of pyridine rings is 1. The summed E-state index contributed by atoms with van der Waals surface area (Å²) in [5, 5.41) is 0. The molecule has 2 rings (SSSR count). The largest absolute Gasteiger partial charge is 0.482 e. The summed E-state index contributed by atoms with van der Waals surface area (Å²) in [6.45, 7) is 1.82. The molecule has 0 aromatic carbocycles. The third kappa shape index (κ3) is 3.70. The van der Waals surface area contributed by atoms with Gasteiger partial charge >= 0.3 is 0 Å². The van der Waals surface area contributed by atoms with Crippen LogP contribution in [0.3, 0.4) is 0 Å². The Kier molecular flexibility index (Phi) is 4.36. The van der Waals surface area contributed by atoms with Gasteiger partial charge in [-0.25, -0.2) is 4.98 Å². The molecule has 0 unspecified atom stereocenters. The molecule has 0 saturated carbocycles. The Labute approximate surface area is 109 Å². The van der Waals surface area contributed by atoms with Gasteiger partial charge in [0.05, 0.1) is 6.20 Å². The van der Waals surface area contributed by atoms with Gasteiger partial charge in [-0.05, 0) is 47.3 Å². The summed E-state index contributed by atoms with van der Waals surface area (Å²) in [5.74, 6) is 0.686. The molecule has 1 aliphatic heterocycles. The van der Waals surface area contributed by atoms with Crippen LogP contribution in [0.1, 0.15) is 19.3 Å². The molecule has 2 heterocycles. The van der Waals surface area contributed by atoms with Gasteiger partial charge in [0.1, 0.15) is 10.4 Å². The van der Waals surface area contributed by atoms with Crippen LogP contribution >= 0.6 is 15.9 Å². The predicted octanol–water partition coefficient (Wildman–Crippen LogP) is 2.24. The smallest absolute Gasteiger partial charge is 0.260 e. The monoisotopic (exact) mass is 298 g/mol. The molecule has 1 aromatic rings. The number of carbonyl (C=O) groups excluding carboxylic acids is 1. The molecule has 0 atom stereocenters. The number of hydrogen-bond acceptors (Lipinski definition) is 3. The van der Waals surface area contributed by atoms with Crippen molar-refractivity contribution >= 4 is 21.8 Å². The van der Waals surface area contributed by atoms with Gasteiger partial charge in [-0.3, -0.25) is 4.79 Å². The summed E-state index contributed by atoms with van der Waals surface area (Å²) < 4.78 is 6.16. The minimum Gasteiger partial charge on any atom is -0.482 e. The lowest BCUT2D eigenvalue weighted by atomic mass is 10.1. The third-order valence-corrected chi connectivity index (χ3v) is 3.24. The van der Waals surface area contributed by atoms with Gasteiger partial charge in [0, 0.05) is 13.1 Å². The Morgan fingerprint density at radius 2 is 2.12 bits per heavy atom. The number of rotatable bonds is 3. The molecule has 1 fully saturated rings. The Hall–Kier alpha value is -1.10. The maximum atomic E-state index is 11.8. The van der Waals surface area contributed by atoms with Crippen LogP contribution in [0.5, 0.6) is 5.75 Å². The number of piperidine rings is 1. The van der Waals surface area contributed by atoms with Crippen LogP contribution < -0.4 is 4.74 Å². The summed E-state index contributed by atoms with van der Waals surface area (Å²) in [4.78, 5) is 17.7. The Bertz CT molecular complexity index is 375. The van der Waals surface area contributed by atoms with Crippen LogP contribution in [-0.2, 0) is 4.79 Å². The highest BCUT2D eigenvalue weighted by atomic mass is 79.9. The molecule has 1 aliphatic rings. The molecular formula is C12H15BrN2O2. The van der Waals surface area contributed by atoms with Crippen molar-refractivity contribution < 1.29 is 9.53 Å². The van der Waals surface area contributed by atoms with E-state index in [0.717, 1.165) is 30.5 Å². The SMILES string of the molecule is O=C(COc1ccc(Br)nc1)N1CCCCC1. The van der Waals surface area contributed by atoms with Crippen LogP contribution in [0.4, 0.5) is 0 Å². The number of likely N-dealkylation sites (tertiary alicyclic amines) is 1. The van der Waals surface area contributed by atoms with E-state index < -0.39 is 0 Å². The highest BCUT2D eigenvalue weighted by Crippen LogP contribution is 2.13. The summed E-state index contributed by atoms with van der Waals surface area (Å²) >= 11 is 3.25. The van der Waals surface area contributed by atoms with Crippen molar-refractivity contribution in [1.82, 2.24) is 9.88 Å². The van der Waals surface area contributed by atoms with Gasteiger partial charge in [0.15, 0.2) is 6.61 Å². The number of aromatic nitrogens is 1. The molecular weight excluding hydrogens is 284 g/mol. The van der Waals surface area contributed by atoms with Gasteiger partial charge in [-0.15, -0.1) is 0 Å². The molecule has 0 radical (unpaired) electrons. The minimum absolute atomic E-state index is 0.0626. The van der Waals surface area contributed by atoms with E-state index in [1.165, 1.54) is 6.42 Å². The van der Waals surface area contributed by atoms with Crippen LogP contribution in [-0.4, -0.2) is 35.5 Å². The number of carbonyl (C=O) groups is 1. The highest BCUT2D eigenvalue weighted by Gasteiger charge is 2.16. The van der Waals surface area contributed by atoms with Crippen molar-refractivity contribution in [1.29, 1.82) is 0 Å². The van der Waals surface area contributed by atoms with Crippen LogP contribution in [0.2, 0.25) is 0 Å². The molecule has 92 valence electrons. The molecule has 0 N–H and O–H groups in total. The van der Waals surface area contributed by atoms with Gasteiger partial charge in [0.2, 0.25) is 0 Å². The molecule has 5 heteroatoms. The number of ether oxygens (including phenoxy) is 1. The predicted molar refractivity (Wildman–Crippen MR) is 67.9 cm³/mol. The average molecular weight is 299 g/mol. The summed E-state index contributed by atoms with van der Waals surface area (Å²) in [7, 11) is 0. The fourth-order valence-corrected chi connectivity index (χ4v) is 2.06. The Morgan fingerprint density at radius 3 is 2.76 bits per heavy atom. The van der Waals surface area contributed by atoms with E-state index in [1.54, 1.807) is 18.3 Å². The fraction of sp³-hybridized carbons (Fsp3) is 0.500. The zero-order valence-electron chi connectivity index (χ0n) is 9.56. The molecule has 1 amide bonds. The van der Waals surface area contributed by atoms with Crippen LogP contribution in [0, 0.1) is 0 Å². The lowest BCUT2D eigenvalue weighted by Gasteiger charge is -2.26. The van der Waals surface area contributed by atoms with Gasteiger partial charge in [-0.1, -0.05) is 0 Å². The van der Waals surface area contributed by atoms with Crippen molar-refractivity contribution in [2.75, 3.05) is 19.7 Å². The summed E-state index contributed by atoms with van der Waals surface area (Å²) in [5.41, 5.74) is 0. The van der Waals surface area contributed by atoms with Crippen molar-refractivity contribution in [3.63, 3.8) is 0 Å². The van der Waals surface area contributed by atoms with Crippen molar-refractivity contribution in [2.45, 2.75) is 19.3 Å². The van der Waals surface area contributed by atoms with Gasteiger partial charge in [0.25, 0.3) is 5.91 Å². The van der Waals surface area contributed by atoms with E-state index in [9.17, 15) is 4.79 Å². The molecule has 0 aliphatic carbocycles. The Morgan fingerprint density at radius 1 is 1.35 bits per heavy atom. The topological polar surface area (TPSA) is 42.4 Å². The average Bonchev–Trinajstić information content (AvgIpc) is 2.39. The minimum atomic E-state index is 0.0626. The number of halogens is 1. The first kappa shape index (κ1) is 12.4. The van der Waals surface area contributed by atoms with Crippen LogP contribution in [0.25, 0.3) is 0 Å². The van der Waals surface area contributed by atoms with Crippen LogP contribution in [0.15, 0.2) is 22.9 Å². The van der Waals surface area contributed by atoms with E-state index in [4.69, 9.17) is 4.74 Å². The number of nitrogens with zero attached hydrogens (tertiary/aromatic N) is 2. The highest BCUT2D eigenvalue weighted by molar-refractivity contribution is 9.10. The lowest BCUT2D eigenvalue weighted by Crippen LogP contribution is -2.38. The van der Waals surface area contributed by atoms with E-state index in [-0.39, 0.29) is 12.5 Å². The second-order valence-corrected chi connectivity index (χ2v) is 4.86. The fourth-order valence-electron chi connectivity index (χ4n) is 1.83. The van der Waals surface area contributed by atoms with Crippen molar-refractivity contribution in [2.24, 2.45) is 0 Å². The number of hydrogen-bond donors (Lipinski definition) is 0. The van der Waals surface area contributed by atoms with E-state index in [2.05, 4.69) is 20.9 Å². The summed E-state index contributed by atoms with van der Waals surface area (Å²) in [6, 6.07) is 3.58. The number of amides is 1. The van der Waals surface area contributed by atoms with E-state index in [0.29, 0.717) is 5.75 Å². The molecule has 1 saturated heterocycles. The first-order chi connectivity index (χ1) is 8.25. The normalized spacial score (nSPS) is 15.7. The lowest BCUT2D eigenvalue weighted by molar-refractivity contribution is -0.134. The quantitative estimate of drug-likeness (QED) is 0.804. The molecule has 0 bridgehead atoms. The zero-order valence-corrected chi connectivity index (χ0v) is 11.1. The first-order valence-electron chi connectivity index (χ1n) is 5.78. The maximum absolute atomic E-state index is 11.8. The zero-order chi connectivity index (χ0) is 12.1. The van der Waals surface area contributed by atoms with Crippen molar-refractivity contribution in [3.8, 4) is 5.75 Å². The Balaban J connectivity index is 1.81. The van der Waals surface area contributed by atoms with Gasteiger partial charge < -0.3 is 9.64 Å². The first-order valence-corrected chi connectivity index (χ1v) is 6.57. The summed E-state index contributed by atoms with van der Waals surface area (Å²) in [6.07, 6.45) is 5.03. The van der Waals surface area contributed by atoms with E-state index >= 15 is 0 Å². The molecule has 4 nitrogen and oxygen atoms in total. The molecule has 1 aromatic heterocycles. The standard InChI is InChI=1S/C12H15BrN2O2/c13-11-5-4-10(8-14-11)17-9-12(16)15-6-2-1-3-7-15/h4-5,8H,1-3,6-7,9H2. The maximum Gasteiger partial charge on any atom is 0.260 e. The van der Waals surface area contributed by atoms with E-state index in [1.807, 2.05) is 4.90 Å². The second-order valence-electron chi connectivity index (χ2n) is 4.05. The van der Waals surface area contributed by atoms with Gasteiger partial charge in [-0.2, -0.15) is 0 Å². The van der Waals surface area contributed by atoms with Crippen molar-refractivity contribution in [3.05, 3.63) is 22.9 Å². The molecule has 17 heavy (non-hydrogen) atoms. The third-order valence-electron chi connectivity index (χ3n) is 2.77.